The van der Waals surface area contributed by atoms with Gasteiger partial charge in [-0.1, -0.05) is 6.07 Å². The van der Waals surface area contributed by atoms with Crippen molar-refractivity contribution in [1.29, 1.82) is 0 Å². The molecule has 16 heavy (non-hydrogen) atoms. The third-order valence-electron chi connectivity index (χ3n) is 2.63. The fraction of sp³-hybridized carbons (Fsp3) is 0.455. The molecule has 2 N–H and O–H groups in total. The molecule has 1 fully saturated rings. The van der Waals surface area contributed by atoms with Crippen LogP contribution in [0.15, 0.2) is 18.3 Å². The van der Waals surface area contributed by atoms with E-state index in [0.717, 1.165) is 17.9 Å². The minimum Gasteiger partial charge on any atom is -0.392 e. The minimum atomic E-state index is 0.00726. The largest absolute Gasteiger partial charge is 0.392 e. The molecule has 0 spiro atoms. The van der Waals surface area contributed by atoms with Crippen LogP contribution in [0.4, 0.5) is 5.82 Å². The Hall–Kier alpha value is -1.62. The molecule has 2 rings (SSSR count). The average Bonchev–Trinajstić information content (AvgIpc) is 2.54. The molecule has 1 aromatic heterocycles. The van der Waals surface area contributed by atoms with Crippen LogP contribution in [0.25, 0.3) is 0 Å². The number of amides is 1. The number of nitrogens with one attached hydrogen (secondary N) is 1. The number of hydrogen-bond acceptors (Lipinski definition) is 4. The molecule has 2 heterocycles. The number of hydrogen-bond donors (Lipinski definition) is 2. The first-order valence-electron chi connectivity index (χ1n) is 5.37. The predicted octanol–water partition coefficient (Wildman–Crippen LogP) is -0.0998. The molecule has 0 unspecified atom stereocenters. The van der Waals surface area contributed by atoms with Gasteiger partial charge in [-0.2, -0.15) is 0 Å². The van der Waals surface area contributed by atoms with Crippen LogP contribution in [0, 0.1) is 0 Å². The molecule has 1 aliphatic rings. The highest BCUT2D eigenvalue weighted by Gasteiger charge is 2.14. The van der Waals surface area contributed by atoms with E-state index >= 15 is 0 Å². The van der Waals surface area contributed by atoms with Crippen LogP contribution in [-0.4, -0.2) is 35.6 Å². The third-order valence-corrected chi connectivity index (χ3v) is 2.63. The van der Waals surface area contributed by atoms with Crippen molar-refractivity contribution in [3.8, 4) is 0 Å². The van der Waals surface area contributed by atoms with E-state index in [4.69, 9.17) is 5.11 Å². The highest BCUT2D eigenvalue weighted by molar-refractivity contribution is 5.77. The van der Waals surface area contributed by atoms with Crippen molar-refractivity contribution in [3.63, 3.8) is 0 Å². The second-order valence-electron chi connectivity index (χ2n) is 3.77. The van der Waals surface area contributed by atoms with Gasteiger partial charge in [0.15, 0.2) is 0 Å². The van der Waals surface area contributed by atoms with Gasteiger partial charge in [-0.3, -0.25) is 4.79 Å². The van der Waals surface area contributed by atoms with E-state index < -0.39 is 0 Å². The molecule has 0 radical (unpaired) electrons. The number of aliphatic hydroxyl groups excluding tert-OH is 1. The molecule has 0 aliphatic carbocycles. The summed E-state index contributed by atoms with van der Waals surface area (Å²) in [4.78, 5) is 17.5. The van der Waals surface area contributed by atoms with Crippen molar-refractivity contribution in [2.24, 2.45) is 0 Å². The van der Waals surface area contributed by atoms with Gasteiger partial charge in [-0.05, 0) is 11.6 Å². The summed E-state index contributed by atoms with van der Waals surface area (Å²) in [7, 11) is 0. The van der Waals surface area contributed by atoms with E-state index in [0.29, 0.717) is 19.5 Å². The van der Waals surface area contributed by atoms with Crippen LogP contribution in [-0.2, 0) is 11.4 Å². The molecule has 5 heteroatoms. The number of rotatable bonds is 2. The van der Waals surface area contributed by atoms with Crippen molar-refractivity contribution in [1.82, 2.24) is 10.3 Å². The molecule has 0 saturated carbocycles. The minimum absolute atomic E-state index is 0.00726. The summed E-state index contributed by atoms with van der Waals surface area (Å²) in [5.74, 6) is 0.947. The maximum Gasteiger partial charge on any atom is 0.221 e. The van der Waals surface area contributed by atoms with Crippen LogP contribution >= 0.6 is 0 Å². The summed E-state index contributed by atoms with van der Waals surface area (Å²) in [5.41, 5.74) is 0.799. The van der Waals surface area contributed by atoms with E-state index in [1.54, 1.807) is 6.20 Å². The van der Waals surface area contributed by atoms with E-state index in [-0.39, 0.29) is 12.5 Å². The Balaban J connectivity index is 2.07. The monoisotopic (exact) mass is 221 g/mol. The zero-order valence-electron chi connectivity index (χ0n) is 9.02. The number of anilines is 1. The summed E-state index contributed by atoms with van der Waals surface area (Å²) in [6.45, 7) is 2.13. The second kappa shape index (κ2) is 4.94. The third kappa shape index (κ3) is 2.49. The maximum atomic E-state index is 11.2. The lowest BCUT2D eigenvalue weighted by Crippen LogP contribution is -2.28. The molecule has 0 bridgehead atoms. The van der Waals surface area contributed by atoms with Crippen LogP contribution < -0.4 is 10.2 Å². The number of pyridine rings is 1. The van der Waals surface area contributed by atoms with Gasteiger partial charge in [0, 0.05) is 32.3 Å². The first kappa shape index (κ1) is 10.9. The fourth-order valence-corrected chi connectivity index (χ4v) is 1.69. The van der Waals surface area contributed by atoms with Crippen molar-refractivity contribution in [2.45, 2.75) is 13.0 Å². The first-order chi connectivity index (χ1) is 7.79. The van der Waals surface area contributed by atoms with E-state index in [2.05, 4.69) is 15.2 Å². The number of nitrogens with zero attached hydrogens (tertiary/aromatic N) is 2. The van der Waals surface area contributed by atoms with Crippen molar-refractivity contribution < 1.29 is 9.90 Å². The topological polar surface area (TPSA) is 65.5 Å². The number of aliphatic hydroxyl groups is 1. The normalized spacial score (nSPS) is 16.8. The Morgan fingerprint density at radius 1 is 1.44 bits per heavy atom. The smallest absolute Gasteiger partial charge is 0.221 e. The average molecular weight is 221 g/mol. The Labute approximate surface area is 94.1 Å². The molecule has 1 aliphatic heterocycles. The second-order valence-corrected chi connectivity index (χ2v) is 3.77. The summed E-state index contributed by atoms with van der Waals surface area (Å²) >= 11 is 0. The van der Waals surface area contributed by atoms with E-state index in [1.807, 2.05) is 12.1 Å². The van der Waals surface area contributed by atoms with Crippen molar-refractivity contribution in [3.05, 3.63) is 23.9 Å². The molecule has 0 atom stereocenters. The van der Waals surface area contributed by atoms with Gasteiger partial charge in [-0.15, -0.1) is 0 Å². The van der Waals surface area contributed by atoms with Crippen LogP contribution in [0.3, 0.4) is 0 Å². The predicted molar refractivity (Wildman–Crippen MR) is 60.0 cm³/mol. The molecule has 0 aromatic carbocycles. The van der Waals surface area contributed by atoms with Gasteiger partial charge in [0.05, 0.1) is 6.61 Å². The van der Waals surface area contributed by atoms with E-state index in [1.165, 1.54) is 0 Å². The Kier molecular flexibility index (Phi) is 3.36. The molecule has 5 nitrogen and oxygen atoms in total. The molecular formula is C11H15N3O2. The maximum absolute atomic E-state index is 11.2. The highest BCUT2D eigenvalue weighted by Crippen LogP contribution is 2.12. The van der Waals surface area contributed by atoms with E-state index in [9.17, 15) is 4.79 Å². The Bertz CT molecular complexity index is 364. The summed E-state index contributed by atoms with van der Waals surface area (Å²) in [5, 5.41) is 11.7. The summed E-state index contributed by atoms with van der Waals surface area (Å²) in [6.07, 6.45) is 2.17. The van der Waals surface area contributed by atoms with Gasteiger partial charge in [0.25, 0.3) is 0 Å². The van der Waals surface area contributed by atoms with Crippen LogP contribution in [0.1, 0.15) is 12.0 Å². The molecular weight excluding hydrogens is 206 g/mol. The zero-order valence-corrected chi connectivity index (χ0v) is 9.02. The number of carbonyl (C=O) groups excluding carboxylic acids is 1. The van der Waals surface area contributed by atoms with Gasteiger partial charge < -0.3 is 15.3 Å². The first-order valence-corrected chi connectivity index (χ1v) is 5.37. The van der Waals surface area contributed by atoms with Gasteiger partial charge >= 0.3 is 0 Å². The highest BCUT2D eigenvalue weighted by atomic mass is 16.3. The Morgan fingerprint density at radius 2 is 2.31 bits per heavy atom. The lowest BCUT2D eigenvalue weighted by Gasteiger charge is -2.20. The zero-order chi connectivity index (χ0) is 11.4. The van der Waals surface area contributed by atoms with Crippen molar-refractivity contribution in [2.75, 3.05) is 24.5 Å². The molecule has 86 valence electrons. The Morgan fingerprint density at radius 3 is 3.00 bits per heavy atom. The van der Waals surface area contributed by atoms with Crippen molar-refractivity contribution >= 4 is 11.7 Å². The van der Waals surface area contributed by atoms with Crippen LogP contribution in [0.5, 0.6) is 0 Å². The molecule has 1 aromatic rings. The fourth-order valence-electron chi connectivity index (χ4n) is 1.69. The number of carbonyl (C=O) groups is 1. The summed E-state index contributed by atoms with van der Waals surface area (Å²) in [6, 6.07) is 3.73. The lowest BCUT2D eigenvalue weighted by atomic mass is 10.3. The standard InChI is InChI=1S/C11H15N3O2/c15-8-9-1-2-10(13-7-9)14-5-3-11(16)12-4-6-14/h1-2,7,15H,3-6,8H2,(H,12,16). The number of aromatic nitrogens is 1. The SMILES string of the molecule is O=C1CCN(c2ccc(CO)cn2)CCN1. The van der Waals surface area contributed by atoms with Gasteiger partial charge in [0.1, 0.15) is 5.82 Å². The summed E-state index contributed by atoms with van der Waals surface area (Å²) < 4.78 is 0. The van der Waals surface area contributed by atoms with Gasteiger partial charge in [0.2, 0.25) is 5.91 Å². The molecule has 1 amide bonds. The molecule has 1 saturated heterocycles. The quantitative estimate of drug-likeness (QED) is 0.732. The van der Waals surface area contributed by atoms with Crippen LogP contribution in [0.2, 0.25) is 0 Å². The lowest BCUT2D eigenvalue weighted by molar-refractivity contribution is -0.120. The van der Waals surface area contributed by atoms with Gasteiger partial charge in [-0.25, -0.2) is 4.98 Å².